The lowest BCUT2D eigenvalue weighted by Gasteiger charge is -2.08. The molecule has 0 bridgehead atoms. The smallest absolute Gasteiger partial charge is 0.254 e. The van der Waals surface area contributed by atoms with Crippen LogP contribution in [-0.2, 0) is 23.5 Å². The summed E-state index contributed by atoms with van der Waals surface area (Å²) in [6, 6.07) is 15.9. The summed E-state index contributed by atoms with van der Waals surface area (Å²) in [5, 5.41) is 3.35. The van der Waals surface area contributed by atoms with Gasteiger partial charge in [-0.25, -0.2) is 9.37 Å². The van der Waals surface area contributed by atoms with Gasteiger partial charge in [0.15, 0.2) is 5.16 Å². The van der Waals surface area contributed by atoms with Crippen molar-refractivity contribution in [2.45, 2.75) is 37.2 Å². The van der Waals surface area contributed by atoms with Gasteiger partial charge in [0.25, 0.3) is 5.56 Å². The third-order valence-electron chi connectivity index (χ3n) is 4.42. The highest BCUT2D eigenvalue weighted by molar-refractivity contribution is 7.98. The molecule has 0 radical (unpaired) electrons. The lowest BCUT2D eigenvalue weighted by atomic mass is 10.1. The van der Waals surface area contributed by atoms with Crippen molar-refractivity contribution in [1.82, 2.24) is 15.3 Å². The molecule has 150 valence electrons. The number of hydrogen-bond acceptors (Lipinski definition) is 4. The summed E-state index contributed by atoms with van der Waals surface area (Å²) < 4.78 is 12.9. The van der Waals surface area contributed by atoms with E-state index in [1.807, 2.05) is 30.3 Å². The zero-order valence-electron chi connectivity index (χ0n) is 16.1. The number of carbonyl (C=O) groups excluding carboxylic acids is 1. The number of rotatable bonds is 8. The summed E-state index contributed by atoms with van der Waals surface area (Å²) >= 11 is 1.47. The largest absolute Gasteiger partial charge is 0.352 e. The minimum Gasteiger partial charge on any atom is -0.352 e. The number of aromatic nitrogens is 2. The van der Waals surface area contributed by atoms with E-state index in [1.54, 1.807) is 19.1 Å². The van der Waals surface area contributed by atoms with Crippen LogP contribution >= 0.6 is 11.8 Å². The zero-order chi connectivity index (χ0) is 20.6. The minimum atomic E-state index is -0.312. The second-order valence-electron chi connectivity index (χ2n) is 6.61. The van der Waals surface area contributed by atoms with Gasteiger partial charge in [-0.1, -0.05) is 54.2 Å². The average Bonchev–Trinajstić information content (AvgIpc) is 2.72. The number of amides is 1. The molecule has 29 heavy (non-hydrogen) atoms. The number of H-pyrrole nitrogens is 1. The van der Waals surface area contributed by atoms with Crippen molar-refractivity contribution in [1.29, 1.82) is 0 Å². The molecule has 7 heteroatoms. The molecule has 5 nitrogen and oxygen atoms in total. The fourth-order valence-electron chi connectivity index (χ4n) is 2.80. The SMILES string of the molecule is Cc1nc(SCc2ccccc2)[nH]c(=O)c1CCC(=O)NCc1ccc(F)cc1. The van der Waals surface area contributed by atoms with Gasteiger partial charge in [-0.05, 0) is 36.6 Å². The van der Waals surface area contributed by atoms with E-state index in [-0.39, 0.29) is 23.7 Å². The fourth-order valence-corrected chi connectivity index (χ4v) is 3.67. The van der Waals surface area contributed by atoms with Crippen LogP contribution in [0.15, 0.2) is 64.5 Å². The molecule has 3 rings (SSSR count). The molecular weight excluding hydrogens is 389 g/mol. The quantitative estimate of drug-likeness (QED) is 0.437. The Bertz CT molecular complexity index is 1020. The van der Waals surface area contributed by atoms with Crippen molar-refractivity contribution < 1.29 is 9.18 Å². The molecule has 1 aromatic heterocycles. The van der Waals surface area contributed by atoms with Crippen LogP contribution in [0.25, 0.3) is 0 Å². The molecule has 0 saturated heterocycles. The molecule has 0 atom stereocenters. The Hall–Kier alpha value is -2.93. The molecule has 0 aliphatic heterocycles. The van der Waals surface area contributed by atoms with Crippen molar-refractivity contribution in [2.24, 2.45) is 0 Å². The van der Waals surface area contributed by atoms with E-state index < -0.39 is 0 Å². The van der Waals surface area contributed by atoms with Crippen molar-refractivity contribution in [3.8, 4) is 0 Å². The maximum absolute atomic E-state index is 12.9. The number of benzene rings is 2. The summed E-state index contributed by atoms with van der Waals surface area (Å²) in [6.45, 7) is 2.11. The molecule has 1 heterocycles. The van der Waals surface area contributed by atoms with Gasteiger partial charge in [-0.15, -0.1) is 0 Å². The molecule has 0 saturated carbocycles. The number of carbonyl (C=O) groups is 1. The number of nitrogens with one attached hydrogen (secondary N) is 2. The first-order valence-corrected chi connectivity index (χ1v) is 10.3. The van der Waals surface area contributed by atoms with E-state index in [2.05, 4.69) is 15.3 Å². The van der Waals surface area contributed by atoms with E-state index in [4.69, 9.17) is 0 Å². The molecule has 3 aromatic rings. The number of hydrogen-bond donors (Lipinski definition) is 2. The average molecular weight is 412 g/mol. The molecule has 0 aliphatic rings. The number of aryl methyl sites for hydroxylation is 1. The first kappa shape index (κ1) is 20.8. The summed E-state index contributed by atoms with van der Waals surface area (Å²) in [5.74, 6) is 0.234. The molecule has 0 fully saturated rings. The van der Waals surface area contributed by atoms with Crippen LogP contribution in [0.3, 0.4) is 0 Å². The number of thioether (sulfide) groups is 1. The summed E-state index contributed by atoms with van der Waals surface area (Å²) in [4.78, 5) is 31.8. The maximum atomic E-state index is 12.9. The van der Waals surface area contributed by atoms with Crippen molar-refractivity contribution >= 4 is 17.7 Å². The van der Waals surface area contributed by atoms with Gasteiger partial charge in [0.1, 0.15) is 5.82 Å². The van der Waals surface area contributed by atoms with Crippen molar-refractivity contribution in [3.05, 3.63) is 93.2 Å². The van der Waals surface area contributed by atoms with E-state index in [0.717, 1.165) is 11.1 Å². The topological polar surface area (TPSA) is 74.8 Å². The van der Waals surface area contributed by atoms with Crippen LogP contribution in [-0.4, -0.2) is 15.9 Å². The molecule has 0 spiro atoms. The van der Waals surface area contributed by atoms with Gasteiger partial charge in [0.05, 0.1) is 0 Å². The van der Waals surface area contributed by atoms with Crippen molar-refractivity contribution in [2.75, 3.05) is 0 Å². The van der Waals surface area contributed by atoms with E-state index in [1.165, 1.54) is 23.9 Å². The Kier molecular flexibility index (Phi) is 7.19. The third kappa shape index (κ3) is 6.29. The van der Waals surface area contributed by atoms with Crippen molar-refractivity contribution in [3.63, 3.8) is 0 Å². The molecule has 1 amide bonds. The Labute approximate surface area is 172 Å². The highest BCUT2D eigenvalue weighted by Crippen LogP contribution is 2.19. The van der Waals surface area contributed by atoms with Crippen LogP contribution in [0, 0.1) is 12.7 Å². The van der Waals surface area contributed by atoms with Crippen LogP contribution in [0.2, 0.25) is 0 Å². The minimum absolute atomic E-state index is 0.171. The monoisotopic (exact) mass is 411 g/mol. The summed E-state index contributed by atoms with van der Waals surface area (Å²) in [6.07, 6.45) is 0.496. The lowest BCUT2D eigenvalue weighted by Crippen LogP contribution is -2.25. The predicted molar refractivity (Wildman–Crippen MR) is 112 cm³/mol. The highest BCUT2D eigenvalue weighted by atomic mass is 32.2. The van der Waals surface area contributed by atoms with Crippen LogP contribution in [0.5, 0.6) is 0 Å². The van der Waals surface area contributed by atoms with Crippen LogP contribution < -0.4 is 10.9 Å². The number of aromatic amines is 1. The molecule has 0 aliphatic carbocycles. The van der Waals surface area contributed by atoms with E-state index >= 15 is 0 Å². The first-order valence-electron chi connectivity index (χ1n) is 9.29. The number of nitrogens with zero attached hydrogens (tertiary/aromatic N) is 1. The van der Waals surface area contributed by atoms with E-state index in [9.17, 15) is 14.0 Å². The van der Waals surface area contributed by atoms with Gasteiger partial charge in [-0.2, -0.15) is 0 Å². The second-order valence-corrected chi connectivity index (χ2v) is 7.58. The molecular formula is C22H22FN3O2S. The molecule has 0 unspecified atom stereocenters. The van der Waals surface area contributed by atoms with Gasteiger partial charge in [0, 0.05) is 30.0 Å². The van der Waals surface area contributed by atoms with Gasteiger partial charge < -0.3 is 10.3 Å². The normalized spacial score (nSPS) is 10.7. The first-order chi connectivity index (χ1) is 14.0. The van der Waals surface area contributed by atoms with Gasteiger partial charge >= 0.3 is 0 Å². The predicted octanol–water partition coefficient (Wildman–Crippen LogP) is 3.76. The Balaban J connectivity index is 1.53. The van der Waals surface area contributed by atoms with Crippen LogP contribution in [0.4, 0.5) is 4.39 Å². The summed E-state index contributed by atoms with van der Waals surface area (Å²) in [7, 11) is 0. The zero-order valence-corrected chi connectivity index (χ0v) is 16.9. The molecule has 2 aromatic carbocycles. The third-order valence-corrected chi connectivity index (χ3v) is 5.37. The van der Waals surface area contributed by atoms with Gasteiger partial charge in [-0.3, -0.25) is 9.59 Å². The Morgan fingerprint density at radius 1 is 1.10 bits per heavy atom. The Morgan fingerprint density at radius 2 is 1.83 bits per heavy atom. The van der Waals surface area contributed by atoms with E-state index in [0.29, 0.717) is 35.1 Å². The van der Waals surface area contributed by atoms with Gasteiger partial charge in [0.2, 0.25) is 5.91 Å². The highest BCUT2D eigenvalue weighted by Gasteiger charge is 2.11. The standard InChI is InChI=1S/C22H22FN3O2S/c1-15-19(11-12-20(27)24-13-16-7-9-18(23)10-8-16)21(28)26-22(25-15)29-14-17-5-3-2-4-6-17/h2-10H,11-14H2,1H3,(H,24,27)(H,25,26,28). The lowest BCUT2D eigenvalue weighted by molar-refractivity contribution is -0.121. The molecule has 2 N–H and O–H groups in total. The Morgan fingerprint density at radius 3 is 2.52 bits per heavy atom. The van der Waals surface area contributed by atoms with Crippen LogP contribution in [0.1, 0.15) is 28.8 Å². The summed E-state index contributed by atoms with van der Waals surface area (Å²) in [5.41, 5.74) is 2.91. The number of halogens is 1. The second kappa shape index (κ2) is 10.0. The fraction of sp³-hybridized carbons (Fsp3) is 0.227. The maximum Gasteiger partial charge on any atom is 0.254 e.